The number of alkyl halides is 3. The second kappa shape index (κ2) is 10.0. The minimum atomic E-state index is -4.71. The molecule has 0 aliphatic heterocycles. The van der Waals surface area contributed by atoms with Crippen molar-refractivity contribution < 1.29 is 17.9 Å². The maximum Gasteiger partial charge on any atom is 0.421 e. The second-order valence-electron chi connectivity index (χ2n) is 8.63. The van der Waals surface area contributed by atoms with E-state index in [1.165, 1.54) is 11.7 Å². The number of nitrogens with two attached hydrogens (primary N) is 1. The molecule has 3 heterocycles. The van der Waals surface area contributed by atoms with Gasteiger partial charge in [-0.3, -0.25) is 9.36 Å². The van der Waals surface area contributed by atoms with Gasteiger partial charge in [0.15, 0.2) is 0 Å². The van der Waals surface area contributed by atoms with E-state index in [-0.39, 0.29) is 17.5 Å². The van der Waals surface area contributed by atoms with Crippen molar-refractivity contribution in [3.05, 3.63) is 94.8 Å². The lowest BCUT2D eigenvalue weighted by Crippen LogP contribution is -2.26. The summed E-state index contributed by atoms with van der Waals surface area (Å²) in [6.45, 7) is 1.64. The first kappa shape index (κ1) is 25.6. The van der Waals surface area contributed by atoms with Crippen molar-refractivity contribution in [2.75, 3.05) is 18.2 Å². The van der Waals surface area contributed by atoms with Gasteiger partial charge in [-0.05, 0) is 36.1 Å². The summed E-state index contributed by atoms with van der Waals surface area (Å²) in [5.41, 5.74) is 6.29. The number of methoxy groups -OCH3 is 1. The number of hydrogen-bond donors (Lipinski definition) is 2. The molecule has 3 aromatic heterocycles. The van der Waals surface area contributed by atoms with E-state index in [0.717, 1.165) is 0 Å². The summed E-state index contributed by atoms with van der Waals surface area (Å²) in [7, 11) is 1.45. The van der Waals surface area contributed by atoms with Gasteiger partial charge < -0.3 is 15.8 Å². The lowest BCUT2D eigenvalue weighted by atomic mass is 9.99. The highest BCUT2D eigenvalue weighted by atomic mass is 19.4. The molecule has 198 valence electrons. The maximum absolute atomic E-state index is 14.1. The average Bonchev–Trinajstić information content (AvgIpc) is 2.92. The average molecular weight is 534 g/mol. The summed E-state index contributed by atoms with van der Waals surface area (Å²) in [6.07, 6.45) is -0.967. The van der Waals surface area contributed by atoms with Crippen molar-refractivity contribution in [3.63, 3.8) is 0 Å². The smallest absolute Gasteiger partial charge is 0.421 e. The number of rotatable bonds is 6. The summed E-state index contributed by atoms with van der Waals surface area (Å²) in [5.74, 6) is -0.804. The van der Waals surface area contributed by atoms with Crippen LogP contribution in [0.25, 0.3) is 27.6 Å². The van der Waals surface area contributed by atoms with Crippen LogP contribution in [-0.2, 0) is 6.18 Å². The number of fused-ring (bicyclic) bond motifs is 1. The number of nitrogens with one attached hydrogen (secondary N) is 1. The molecule has 2 aromatic carbocycles. The summed E-state index contributed by atoms with van der Waals surface area (Å²) in [4.78, 5) is 29.7. The monoisotopic (exact) mass is 533 g/mol. The van der Waals surface area contributed by atoms with E-state index < -0.39 is 23.6 Å². The first-order chi connectivity index (χ1) is 18.7. The maximum atomic E-state index is 14.1. The van der Waals surface area contributed by atoms with Gasteiger partial charge in [0.2, 0.25) is 5.95 Å². The van der Waals surface area contributed by atoms with Gasteiger partial charge in [-0.25, -0.2) is 15.0 Å². The molecule has 0 spiro atoms. The highest BCUT2D eigenvalue weighted by molar-refractivity contribution is 5.96. The van der Waals surface area contributed by atoms with Crippen molar-refractivity contribution in [2.45, 2.75) is 19.1 Å². The highest BCUT2D eigenvalue weighted by Gasteiger charge is 2.36. The number of anilines is 2. The van der Waals surface area contributed by atoms with E-state index in [9.17, 15) is 18.0 Å². The summed E-state index contributed by atoms with van der Waals surface area (Å²) >= 11 is 0. The minimum Gasteiger partial charge on any atom is -0.467 e. The predicted molar refractivity (Wildman–Crippen MR) is 141 cm³/mol. The van der Waals surface area contributed by atoms with Gasteiger partial charge in [-0.1, -0.05) is 36.4 Å². The Kier molecular flexibility index (Phi) is 6.60. The SMILES string of the molecule is COc1ncc(-c2cccc3cc(C(C)Nc4nc(N)ncc4C(F)(F)F)n(-c4ccccc4)c(=O)c23)cn1. The molecule has 0 aliphatic carbocycles. The Labute approximate surface area is 220 Å². The van der Waals surface area contributed by atoms with E-state index in [4.69, 9.17) is 10.5 Å². The molecule has 0 bridgehead atoms. The Hall–Kier alpha value is -5.00. The Morgan fingerprint density at radius 1 is 1.00 bits per heavy atom. The first-order valence-corrected chi connectivity index (χ1v) is 11.7. The van der Waals surface area contributed by atoms with Crippen LogP contribution >= 0.6 is 0 Å². The zero-order chi connectivity index (χ0) is 27.7. The van der Waals surface area contributed by atoms with Gasteiger partial charge in [-0.15, -0.1) is 0 Å². The van der Waals surface area contributed by atoms with Crippen LogP contribution < -0.4 is 21.3 Å². The molecule has 12 heteroatoms. The molecule has 0 fully saturated rings. The van der Waals surface area contributed by atoms with Crippen LogP contribution in [0.5, 0.6) is 6.01 Å². The number of nitrogens with zero attached hydrogens (tertiary/aromatic N) is 5. The van der Waals surface area contributed by atoms with Crippen molar-refractivity contribution in [1.82, 2.24) is 24.5 Å². The molecule has 0 amide bonds. The van der Waals surface area contributed by atoms with E-state index in [2.05, 4.69) is 25.3 Å². The normalized spacial score (nSPS) is 12.3. The number of hydrogen-bond acceptors (Lipinski definition) is 8. The third-order valence-electron chi connectivity index (χ3n) is 6.12. The molecule has 0 radical (unpaired) electrons. The number of ether oxygens (including phenoxy) is 1. The molecule has 5 aromatic rings. The lowest BCUT2D eigenvalue weighted by Gasteiger charge is -2.23. The van der Waals surface area contributed by atoms with Gasteiger partial charge >= 0.3 is 12.2 Å². The van der Waals surface area contributed by atoms with Gasteiger partial charge in [-0.2, -0.15) is 18.2 Å². The number of nitrogen functional groups attached to an aromatic ring is 1. The minimum absolute atomic E-state index is 0.187. The third-order valence-corrected chi connectivity index (χ3v) is 6.12. The predicted octanol–water partition coefficient (Wildman–Crippen LogP) is 5.02. The van der Waals surface area contributed by atoms with Crippen molar-refractivity contribution in [3.8, 4) is 22.8 Å². The third kappa shape index (κ3) is 4.96. The number of para-hydroxylation sites is 1. The van der Waals surface area contributed by atoms with Crippen LogP contribution in [0.4, 0.5) is 24.9 Å². The molecule has 1 unspecified atom stereocenters. The largest absolute Gasteiger partial charge is 0.467 e. The number of aromatic nitrogens is 5. The van der Waals surface area contributed by atoms with Gasteiger partial charge in [0, 0.05) is 35.5 Å². The molecular formula is C27H22F3N7O2. The zero-order valence-electron chi connectivity index (χ0n) is 20.8. The van der Waals surface area contributed by atoms with Crippen LogP contribution in [0.2, 0.25) is 0 Å². The molecule has 0 aliphatic rings. The van der Waals surface area contributed by atoms with Crippen LogP contribution in [-0.4, -0.2) is 31.6 Å². The van der Waals surface area contributed by atoms with Crippen LogP contribution in [0, 0.1) is 0 Å². The van der Waals surface area contributed by atoms with Crippen molar-refractivity contribution in [2.24, 2.45) is 0 Å². The number of pyridine rings is 1. The standard InChI is InChI=1S/C27H22F3N7O2/c1-15(35-23-20(27(28,29)30)14-32-25(31)36-23)21-11-16-7-6-10-19(17-12-33-26(39-2)34-13-17)22(16)24(38)37(21)18-8-4-3-5-9-18/h3-15H,1-2H3,(H3,31,32,35,36). The topological polar surface area (TPSA) is 121 Å². The fourth-order valence-electron chi connectivity index (χ4n) is 4.34. The first-order valence-electron chi connectivity index (χ1n) is 11.7. The Morgan fingerprint density at radius 3 is 2.38 bits per heavy atom. The van der Waals surface area contributed by atoms with E-state index in [1.807, 2.05) is 0 Å². The number of halogens is 3. The summed E-state index contributed by atoms with van der Waals surface area (Å²) in [6, 6.07) is 15.3. The molecule has 39 heavy (non-hydrogen) atoms. The number of benzene rings is 2. The molecule has 1 atom stereocenters. The molecule has 0 saturated carbocycles. The second-order valence-corrected chi connectivity index (χ2v) is 8.63. The van der Waals surface area contributed by atoms with Crippen LogP contribution in [0.3, 0.4) is 0 Å². The van der Waals surface area contributed by atoms with Crippen LogP contribution in [0.1, 0.15) is 24.2 Å². The Balaban J connectivity index is 1.72. The van der Waals surface area contributed by atoms with Gasteiger partial charge in [0.05, 0.1) is 18.5 Å². The van der Waals surface area contributed by atoms with Crippen LogP contribution in [0.15, 0.2) is 78.0 Å². The highest BCUT2D eigenvalue weighted by Crippen LogP contribution is 2.36. The quantitative estimate of drug-likeness (QED) is 0.312. The fourth-order valence-corrected chi connectivity index (χ4v) is 4.34. The van der Waals surface area contributed by atoms with Gasteiger partial charge in [0.1, 0.15) is 11.4 Å². The van der Waals surface area contributed by atoms with Gasteiger partial charge in [0.25, 0.3) is 5.56 Å². The molecule has 9 nitrogen and oxygen atoms in total. The summed E-state index contributed by atoms with van der Waals surface area (Å²) < 4.78 is 47.5. The zero-order valence-corrected chi connectivity index (χ0v) is 20.8. The van der Waals surface area contributed by atoms with E-state index >= 15 is 0 Å². The summed E-state index contributed by atoms with van der Waals surface area (Å²) in [5, 5.41) is 3.77. The Bertz CT molecular complexity index is 1710. The fraction of sp³-hybridized carbons (Fsp3) is 0.148. The van der Waals surface area contributed by atoms with E-state index in [1.54, 1.807) is 73.9 Å². The molecule has 5 rings (SSSR count). The molecule has 3 N–H and O–H groups in total. The lowest BCUT2D eigenvalue weighted by molar-refractivity contribution is -0.137. The van der Waals surface area contributed by atoms with Crippen molar-refractivity contribution >= 4 is 22.5 Å². The Morgan fingerprint density at radius 2 is 1.72 bits per heavy atom. The van der Waals surface area contributed by atoms with E-state index in [0.29, 0.717) is 39.5 Å². The molecule has 0 saturated heterocycles. The van der Waals surface area contributed by atoms with Crippen molar-refractivity contribution in [1.29, 1.82) is 0 Å². The molecular weight excluding hydrogens is 511 g/mol.